The van der Waals surface area contributed by atoms with Crippen LogP contribution in [-0.4, -0.2) is 12.6 Å². The molecule has 0 bridgehead atoms. The number of hydrogen-bond acceptors (Lipinski definition) is 2. The van der Waals surface area contributed by atoms with Crippen molar-refractivity contribution in [1.82, 2.24) is 0 Å². The molecule has 0 saturated carbocycles. The van der Waals surface area contributed by atoms with E-state index in [0.29, 0.717) is 18.4 Å². The maximum absolute atomic E-state index is 10.2. The predicted molar refractivity (Wildman–Crippen MR) is 84.2 cm³/mol. The first-order valence-electron chi connectivity index (χ1n) is 7.15. The minimum absolute atomic E-state index is 0.123. The Kier molecular flexibility index (Phi) is 11.6. The zero-order valence-electron chi connectivity index (χ0n) is 13.8. The minimum Gasteiger partial charge on any atom is -0.466 e. The van der Waals surface area contributed by atoms with Gasteiger partial charge in [0.15, 0.2) is 0 Å². The fourth-order valence-electron chi connectivity index (χ4n) is 1.94. The molecule has 0 amide bonds. The van der Waals surface area contributed by atoms with E-state index in [1.54, 1.807) is 13.8 Å². The molecule has 0 radical (unpaired) electrons. The summed E-state index contributed by atoms with van der Waals surface area (Å²) < 4.78 is 4.55. The Labute approximate surface area is 119 Å². The second kappa shape index (κ2) is 10.8. The van der Waals surface area contributed by atoms with E-state index < -0.39 is 0 Å². The lowest BCUT2D eigenvalue weighted by atomic mass is 9.80. The van der Waals surface area contributed by atoms with Crippen molar-refractivity contribution in [2.24, 2.45) is 5.41 Å². The molecular weight excluding hydrogens is 236 g/mol. The van der Waals surface area contributed by atoms with Gasteiger partial charge in [-0.3, -0.25) is 4.79 Å². The van der Waals surface area contributed by atoms with E-state index >= 15 is 0 Å². The van der Waals surface area contributed by atoms with Crippen LogP contribution in [0.1, 0.15) is 67.2 Å². The number of ether oxygens (including phenoxy) is 1. The number of allylic oxidation sites excluding steroid dienone is 2. The van der Waals surface area contributed by atoms with E-state index in [1.165, 1.54) is 11.1 Å². The highest BCUT2D eigenvalue weighted by molar-refractivity contribution is 5.68. The Bertz CT molecular complexity index is 288. The number of hydrogen-bond donors (Lipinski definition) is 0. The molecule has 0 aromatic carbocycles. The molecule has 0 aromatic heterocycles. The average molecular weight is 268 g/mol. The third kappa shape index (κ3) is 14.9. The lowest BCUT2D eigenvalue weighted by Crippen LogP contribution is -2.12. The molecule has 0 aliphatic rings. The number of carbonyl (C=O) groups is 1. The van der Waals surface area contributed by atoms with Gasteiger partial charge in [-0.15, -0.1) is 6.58 Å². The first-order chi connectivity index (χ1) is 8.68. The van der Waals surface area contributed by atoms with Crippen molar-refractivity contribution < 1.29 is 9.53 Å². The molecule has 2 nitrogen and oxygen atoms in total. The Morgan fingerprint density at radius 1 is 1.05 bits per heavy atom. The second-order valence-corrected chi connectivity index (χ2v) is 5.74. The fourth-order valence-corrected chi connectivity index (χ4v) is 1.94. The van der Waals surface area contributed by atoms with Crippen molar-refractivity contribution in [2.75, 3.05) is 6.61 Å². The van der Waals surface area contributed by atoms with Crippen LogP contribution in [0.3, 0.4) is 0 Å². The van der Waals surface area contributed by atoms with E-state index in [-0.39, 0.29) is 5.97 Å². The molecule has 0 aromatic rings. The van der Waals surface area contributed by atoms with Crippen molar-refractivity contribution in [3.63, 3.8) is 0 Å². The van der Waals surface area contributed by atoms with Crippen molar-refractivity contribution in [3.05, 3.63) is 24.3 Å². The quantitative estimate of drug-likeness (QED) is 0.463. The SMILES string of the molecule is C=C(C)CC(C)(C)CC(=C)CC.CCOC(=O)CC. The highest BCUT2D eigenvalue weighted by atomic mass is 16.5. The van der Waals surface area contributed by atoms with Crippen molar-refractivity contribution in [1.29, 1.82) is 0 Å². The largest absolute Gasteiger partial charge is 0.466 e. The summed E-state index contributed by atoms with van der Waals surface area (Å²) >= 11 is 0. The predicted octanol–water partition coefficient (Wildman–Crippen LogP) is 5.29. The monoisotopic (exact) mass is 268 g/mol. The van der Waals surface area contributed by atoms with Crippen LogP contribution in [0, 0.1) is 5.41 Å². The summed E-state index contributed by atoms with van der Waals surface area (Å²) in [5, 5.41) is 0. The molecule has 0 atom stereocenters. The van der Waals surface area contributed by atoms with Gasteiger partial charge in [0.2, 0.25) is 0 Å². The molecule has 19 heavy (non-hydrogen) atoms. The van der Waals surface area contributed by atoms with Gasteiger partial charge in [0.25, 0.3) is 0 Å². The van der Waals surface area contributed by atoms with Crippen LogP contribution in [0.5, 0.6) is 0 Å². The summed E-state index contributed by atoms with van der Waals surface area (Å²) in [7, 11) is 0. The first kappa shape index (κ1) is 20.3. The summed E-state index contributed by atoms with van der Waals surface area (Å²) in [5.74, 6) is -0.123. The van der Waals surface area contributed by atoms with E-state index in [0.717, 1.165) is 19.3 Å². The van der Waals surface area contributed by atoms with E-state index in [9.17, 15) is 4.79 Å². The zero-order valence-corrected chi connectivity index (χ0v) is 13.8. The standard InChI is InChI=1S/C12H22.C5H10O2/c1-7-11(4)9-12(5,6)8-10(2)3;1-3-5(6)7-4-2/h2,4,7-9H2,1,3,5-6H3;3-4H2,1-2H3. The number of esters is 1. The lowest BCUT2D eigenvalue weighted by Gasteiger charge is -2.25. The Morgan fingerprint density at radius 2 is 1.58 bits per heavy atom. The van der Waals surface area contributed by atoms with Gasteiger partial charge in [-0.2, -0.15) is 0 Å². The number of rotatable bonds is 7. The van der Waals surface area contributed by atoms with Crippen molar-refractivity contribution in [2.45, 2.75) is 67.2 Å². The van der Waals surface area contributed by atoms with Crippen LogP contribution >= 0.6 is 0 Å². The van der Waals surface area contributed by atoms with E-state index in [2.05, 4.69) is 45.6 Å². The molecule has 0 unspecified atom stereocenters. The summed E-state index contributed by atoms with van der Waals surface area (Å²) in [4.78, 5) is 10.2. The summed E-state index contributed by atoms with van der Waals surface area (Å²) in [5.41, 5.74) is 2.96. The third-order valence-electron chi connectivity index (χ3n) is 2.60. The Hall–Kier alpha value is -1.05. The third-order valence-corrected chi connectivity index (χ3v) is 2.60. The Morgan fingerprint density at radius 3 is 1.84 bits per heavy atom. The normalized spacial score (nSPS) is 10.2. The van der Waals surface area contributed by atoms with Gasteiger partial charge >= 0.3 is 5.97 Å². The molecule has 2 heteroatoms. The van der Waals surface area contributed by atoms with Crippen LogP contribution in [0.15, 0.2) is 24.3 Å². The van der Waals surface area contributed by atoms with Gasteiger partial charge in [-0.1, -0.05) is 45.4 Å². The summed E-state index contributed by atoms with van der Waals surface area (Å²) in [6, 6.07) is 0. The minimum atomic E-state index is -0.123. The van der Waals surface area contributed by atoms with Gasteiger partial charge in [0.1, 0.15) is 0 Å². The molecular formula is C17H32O2. The van der Waals surface area contributed by atoms with E-state index in [4.69, 9.17) is 0 Å². The van der Waals surface area contributed by atoms with Gasteiger partial charge in [-0.05, 0) is 38.5 Å². The zero-order chi connectivity index (χ0) is 15.5. The number of carbonyl (C=O) groups excluding carboxylic acids is 1. The van der Waals surface area contributed by atoms with Gasteiger partial charge in [-0.25, -0.2) is 0 Å². The van der Waals surface area contributed by atoms with Crippen LogP contribution in [-0.2, 0) is 9.53 Å². The molecule has 0 spiro atoms. The van der Waals surface area contributed by atoms with E-state index in [1.807, 2.05) is 0 Å². The average Bonchev–Trinajstić information content (AvgIpc) is 2.27. The molecule has 0 saturated heterocycles. The van der Waals surface area contributed by atoms with Crippen LogP contribution in [0.2, 0.25) is 0 Å². The summed E-state index contributed by atoms with van der Waals surface area (Å²) in [6.45, 7) is 20.9. The lowest BCUT2D eigenvalue weighted by molar-refractivity contribution is -0.142. The van der Waals surface area contributed by atoms with Gasteiger partial charge in [0.05, 0.1) is 6.61 Å². The van der Waals surface area contributed by atoms with Crippen LogP contribution in [0.4, 0.5) is 0 Å². The topological polar surface area (TPSA) is 26.3 Å². The van der Waals surface area contributed by atoms with Gasteiger partial charge < -0.3 is 4.74 Å². The maximum Gasteiger partial charge on any atom is 0.305 e. The molecule has 0 aliphatic carbocycles. The molecule has 0 rings (SSSR count). The second-order valence-electron chi connectivity index (χ2n) is 5.74. The smallest absolute Gasteiger partial charge is 0.305 e. The fraction of sp³-hybridized carbons (Fsp3) is 0.706. The molecule has 0 N–H and O–H groups in total. The Balaban J connectivity index is 0. The van der Waals surface area contributed by atoms with Crippen molar-refractivity contribution >= 4 is 5.97 Å². The first-order valence-corrected chi connectivity index (χ1v) is 7.15. The highest BCUT2D eigenvalue weighted by Crippen LogP contribution is 2.31. The molecule has 0 heterocycles. The molecule has 112 valence electrons. The summed E-state index contributed by atoms with van der Waals surface area (Å²) in [6.07, 6.45) is 3.80. The van der Waals surface area contributed by atoms with Crippen molar-refractivity contribution in [3.8, 4) is 0 Å². The highest BCUT2D eigenvalue weighted by Gasteiger charge is 2.18. The van der Waals surface area contributed by atoms with Gasteiger partial charge in [0, 0.05) is 6.42 Å². The maximum atomic E-state index is 10.2. The molecule has 0 aliphatic heterocycles. The van der Waals surface area contributed by atoms with Crippen LogP contribution in [0.25, 0.3) is 0 Å². The van der Waals surface area contributed by atoms with Crippen LogP contribution < -0.4 is 0 Å². The molecule has 0 fully saturated rings.